The van der Waals surface area contributed by atoms with Crippen LogP contribution in [0, 0.1) is 0 Å². The summed E-state index contributed by atoms with van der Waals surface area (Å²) in [5, 5.41) is 2.96. The highest BCUT2D eigenvalue weighted by molar-refractivity contribution is 8.00. The Morgan fingerprint density at radius 1 is 1.13 bits per heavy atom. The molecule has 0 aliphatic rings. The second-order valence-corrected chi connectivity index (χ2v) is 6.19. The largest absolute Gasteiger partial charge is 0.348 e. The van der Waals surface area contributed by atoms with E-state index in [0.717, 1.165) is 28.3 Å². The Balaban J connectivity index is 1.60. The van der Waals surface area contributed by atoms with E-state index in [4.69, 9.17) is 0 Å². The Hall–Kier alpha value is -2.27. The topological polar surface area (TPSA) is 46.9 Å². The molecule has 2 aromatic carbocycles. The van der Waals surface area contributed by atoms with Gasteiger partial charge in [-0.1, -0.05) is 30.3 Å². The molecule has 118 valence electrons. The third-order valence-corrected chi connectivity index (χ3v) is 4.62. The Labute approximate surface area is 139 Å². The molecule has 0 unspecified atom stereocenters. The summed E-state index contributed by atoms with van der Waals surface area (Å²) in [4.78, 5) is 17.8. The van der Waals surface area contributed by atoms with Crippen molar-refractivity contribution in [1.82, 2.24) is 14.9 Å². The second kappa shape index (κ2) is 7.33. The molecule has 3 rings (SSSR count). The maximum Gasteiger partial charge on any atom is 0.230 e. The number of aromatic nitrogens is 2. The third-order valence-electron chi connectivity index (χ3n) is 3.61. The van der Waals surface area contributed by atoms with Crippen LogP contribution in [0.1, 0.15) is 12.7 Å². The number of benzene rings is 2. The number of carbonyl (C=O) groups excluding carboxylic acids is 1. The fraction of sp³-hybridized carbons (Fsp3) is 0.222. The summed E-state index contributed by atoms with van der Waals surface area (Å²) in [6, 6.07) is 18.0. The molecular weight excluding hydrogens is 306 g/mol. The summed E-state index contributed by atoms with van der Waals surface area (Å²) in [7, 11) is 0. The number of rotatable bonds is 6. The van der Waals surface area contributed by atoms with Crippen molar-refractivity contribution >= 4 is 28.7 Å². The number of amides is 1. The van der Waals surface area contributed by atoms with Crippen molar-refractivity contribution in [2.24, 2.45) is 0 Å². The highest BCUT2D eigenvalue weighted by Gasteiger charge is 2.10. The average Bonchev–Trinajstić information content (AvgIpc) is 2.96. The van der Waals surface area contributed by atoms with Gasteiger partial charge in [-0.05, 0) is 31.2 Å². The maximum atomic E-state index is 12.0. The minimum absolute atomic E-state index is 0.0218. The molecule has 1 N–H and O–H groups in total. The fourth-order valence-electron chi connectivity index (χ4n) is 2.51. The first-order chi connectivity index (χ1) is 11.3. The van der Waals surface area contributed by atoms with Gasteiger partial charge in [0.1, 0.15) is 5.82 Å². The standard InChI is InChI=1S/C18H19N3OS/c1-2-21-16-11-7-6-10-15(16)20-17(21)12-19-18(22)13-23-14-8-4-3-5-9-14/h3-11H,2,12-13H2,1H3,(H,19,22). The normalized spacial score (nSPS) is 10.8. The molecule has 0 bridgehead atoms. The first-order valence-electron chi connectivity index (χ1n) is 7.66. The van der Waals surface area contributed by atoms with Gasteiger partial charge in [0, 0.05) is 11.4 Å². The van der Waals surface area contributed by atoms with Crippen molar-refractivity contribution in [3.8, 4) is 0 Å². The Kier molecular flexibility index (Phi) is 4.98. The zero-order chi connectivity index (χ0) is 16.1. The summed E-state index contributed by atoms with van der Waals surface area (Å²) in [5.41, 5.74) is 2.08. The third kappa shape index (κ3) is 3.74. The van der Waals surface area contributed by atoms with Gasteiger partial charge in [0.2, 0.25) is 5.91 Å². The molecule has 3 aromatic rings. The Bertz CT molecular complexity index is 798. The van der Waals surface area contributed by atoms with Crippen molar-refractivity contribution in [2.75, 3.05) is 5.75 Å². The van der Waals surface area contributed by atoms with E-state index in [2.05, 4.69) is 27.9 Å². The number of fused-ring (bicyclic) bond motifs is 1. The zero-order valence-electron chi connectivity index (χ0n) is 13.0. The van der Waals surface area contributed by atoms with Gasteiger partial charge in [-0.15, -0.1) is 11.8 Å². The predicted molar refractivity (Wildman–Crippen MR) is 94.4 cm³/mol. The van der Waals surface area contributed by atoms with Crippen molar-refractivity contribution in [1.29, 1.82) is 0 Å². The van der Waals surface area contributed by atoms with Crippen LogP contribution >= 0.6 is 11.8 Å². The fourth-order valence-corrected chi connectivity index (χ4v) is 3.26. The van der Waals surface area contributed by atoms with Gasteiger partial charge in [0.05, 0.1) is 23.3 Å². The molecule has 0 atom stereocenters. The van der Waals surface area contributed by atoms with Crippen molar-refractivity contribution in [2.45, 2.75) is 24.9 Å². The van der Waals surface area contributed by atoms with Gasteiger partial charge < -0.3 is 9.88 Å². The molecule has 0 saturated heterocycles. The molecule has 0 aliphatic heterocycles. The van der Waals surface area contributed by atoms with Crippen LogP contribution in [-0.4, -0.2) is 21.2 Å². The van der Waals surface area contributed by atoms with E-state index in [1.165, 1.54) is 11.8 Å². The quantitative estimate of drug-likeness (QED) is 0.706. The Morgan fingerprint density at radius 2 is 1.87 bits per heavy atom. The molecule has 0 aliphatic carbocycles. The van der Waals surface area contributed by atoms with Gasteiger partial charge in [-0.2, -0.15) is 0 Å². The molecule has 1 heterocycles. The number of para-hydroxylation sites is 2. The van der Waals surface area contributed by atoms with E-state index in [9.17, 15) is 4.79 Å². The lowest BCUT2D eigenvalue weighted by Crippen LogP contribution is -2.26. The van der Waals surface area contributed by atoms with Crippen molar-refractivity contribution in [3.63, 3.8) is 0 Å². The van der Waals surface area contributed by atoms with E-state index >= 15 is 0 Å². The lowest BCUT2D eigenvalue weighted by molar-refractivity contribution is -0.118. The summed E-state index contributed by atoms with van der Waals surface area (Å²) in [6.07, 6.45) is 0. The van der Waals surface area contributed by atoms with Gasteiger partial charge in [-0.3, -0.25) is 4.79 Å². The van der Waals surface area contributed by atoms with Crippen LogP contribution in [0.5, 0.6) is 0 Å². The highest BCUT2D eigenvalue weighted by Crippen LogP contribution is 2.17. The molecule has 1 aromatic heterocycles. The van der Waals surface area contributed by atoms with E-state index in [0.29, 0.717) is 12.3 Å². The van der Waals surface area contributed by atoms with E-state index in [-0.39, 0.29) is 5.91 Å². The molecule has 23 heavy (non-hydrogen) atoms. The molecular formula is C18H19N3OS. The first-order valence-corrected chi connectivity index (χ1v) is 8.65. The molecule has 0 spiro atoms. The second-order valence-electron chi connectivity index (χ2n) is 5.14. The van der Waals surface area contributed by atoms with Crippen molar-refractivity contribution in [3.05, 3.63) is 60.4 Å². The molecule has 0 radical (unpaired) electrons. The molecule has 0 saturated carbocycles. The average molecular weight is 325 g/mol. The zero-order valence-corrected chi connectivity index (χ0v) is 13.8. The molecule has 5 heteroatoms. The van der Waals surface area contributed by atoms with Gasteiger partial charge in [0.15, 0.2) is 0 Å². The lowest BCUT2D eigenvalue weighted by atomic mass is 10.3. The number of aryl methyl sites for hydroxylation is 1. The maximum absolute atomic E-state index is 12.0. The van der Waals surface area contributed by atoms with Crippen molar-refractivity contribution < 1.29 is 4.79 Å². The smallest absolute Gasteiger partial charge is 0.230 e. The van der Waals surface area contributed by atoms with E-state index < -0.39 is 0 Å². The monoisotopic (exact) mass is 325 g/mol. The summed E-state index contributed by atoms with van der Waals surface area (Å²) in [6.45, 7) is 3.38. The van der Waals surface area contributed by atoms with Crippen LogP contribution in [0.3, 0.4) is 0 Å². The number of thioether (sulfide) groups is 1. The number of hydrogen-bond donors (Lipinski definition) is 1. The summed E-state index contributed by atoms with van der Waals surface area (Å²) >= 11 is 1.54. The molecule has 1 amide bonds. The minimum atomic E-state index is 0.0218. The van der Waals surface area contributed by atoms with Gasteiger partial charge >= 0.3 is 0 Å². The number of carbonyl (C=O) groups is 1. The minimum Gasteiger partial charge on any atom is -0.348 e. The van der Waals surface area contributed by atoms with Crippen LogP contribution in [0.2, 0.25) is 0 Å². The highest BCUT2D eigenvalue weighted by atomic mass is 32.2. The number of hydrogen-bond acceptors (Lipinski definition) is 3. The van der Waals surface area contributed by atoms with E-state index in [1.54, 1.807) is 0 Å². The Morgan fingerprint density at radius 3 is 2.65 bits per heavy atom. The van der Waals surface area contributed by atoms with Crippen LogP contribution in [0.25, 0.3) is 11.0 Å². The number of nitrogens with one attached hydrogen (secondary N) is 1. The van der Waals surface area contributed by atoms with Gasteiger partial charge in [-0.25, -0.2) is 4.98 Å². The van der Waals surface area contributed by atoms with Crippen LogP contribution < -0.4 is 5.32 Å². The molecule has 0 fully saturated rings. The number of imidazole rings is 1. The predicted octanol–water partition coefficient (Wildman–Crippen LogP) is 3.46. The van der Waals surface area contributed by atoms with E-state index in [1.807, 2.05) is 48.5 Å². The SMILES string of the molecule is CCn1c(CNC(=O)CSc2ccccc2)nc2ccccc21. The van der Waals surface area contributed by atoms with Crippen LogP contribution in [0.4, 0.5) is 0 Å². The van der Waals surface area contributed by atoms with Gasteiger partial charge in [0.25, 0.3) is 0 Å². The summed E-state index contributed by atoms with van der Waals surface area (Å²) in [5.74, 6) is 1.33. The van der Waals surface area contributed by atoms with Crippen LogP contribution in [0.15, 0.2) is 59.5 Å². The lowest BCUT2D eigenvalue weighted by Gasteiger charge is -2.07. The first kappa shape index (κ1) is 15.6. The summed E-state index contributed by atoms with van der Waals surface area (Å²) < 4.78 is 2.14. The molecule has 4 nitrogen and oxygen atoms in total. The number of nitrogens with zero attached hydrogens (tertiary/aromatic N) is 2. The van der Waals surface area contributed by atoms with Crippen LogP contribution in [-0.2, 0) is 17.9 Å².